The first-order valence-corrected chi connectivity index (χ1v) is 7.32. The summed E-state index contributed by atoms with van der Waals surface area (Å²) in [5, 5.41) is 9.97. The molecule has 0 saturated carbocycles. The van der Waals surface area contributed by atoms with Crippen LogP contribution < -0.4 is 11.3 Å². The van der Waals surface area contributed by atoms with Crippen LogP contribution in [0.4, 0.5) is 5.82 Å². The molecular formula is C15H24N4O2. The van der Waals surface area contributed by atoms with Crippen LogP contribution in [0.3, 0.4) is 0 Å². The number of likely N-dealkylation sites (tertiary alicyclic amines) is 1. The largest absolute Gasteiger partial charge is 0.390 e. The normalized spacial score (nSPS) is 17.9. The van der Waals surface area contributed by atoms with E-state index in [1.165, 1.54) is 0 Å². The molecule has 0 bridgehead atoms. The molecule has 0 atom stereocenters. The van der Waals surface area contributed by atoms with Crippen LogP contribution in [0.2, 0.25) is 0 Å². The SMILES string of the molecule is CC(C)c1cc(C(=O)N2CCC(C)(O)CC2)cc(NN)n1. The Kier molecular flexibility index (Phi) is 4.49. The molecule has 0 aliphatic carbocycles. The van der Waals surface area contributed by atoms with Gasteiger partial charge in [0.1, 0.15) is 5.82 Å². The summed E-state index contributed by atoms with van der Waals surface area (Å²) in [6.07, 6.45) is 1.20. The van der Waals surface area contributed by atoms with E-state index in [0.717, 1.165) is 5.69 Å². The van der Waals surface area contributed by atoms with Crippen molar-refractivity contribution in [3.8, 4) is 0 Å². The number of anilines is 1. The Morgan fingerprint density at radius 2 is 2.05 bits per heavy atom. The van der Waals surface area contributed by atoms with Crippen molar-refractivity contribution in [3.05, 3.63) is 23.4 Å². The van der Waals surface area contributed by atoms with Gasteiger partial charge in [0.05, 0.1) is 5.60 Å². The monoisotopic (exact) mass is 292 g/mol. The number of hydrogen-bond donors (Lipinski definition) is 3. The molecule has 1 saturated heterocycles. The van der Waals surface area contributed by atoms with Crippen LogP contribution >= 0.6 is 0 Å². The minimum atomic E-state index is -0.665. The summed E-state index contributed by atoms with van der Waals surface area (Å²) in [4.78, 5) is 18.7. The molecule has 0 unspecified atom stereocenters. The van der Waals surface area contributed by atoms with Crippen molar-refractivity contribution < 1.29 is 9.90 Å². The van der Waals surface area contributed by atoms with E-state index in [0.29, 0.717) is 37.3 Å². The number of aliphatic hydroxyl groups is 1. The molecule has 2 heterocycles. The third-order valence-electron chi connectivity index (χ3n) is 3.96. The van der Waals surface area contributed by atoms with Crippen molar-refractivity contribution >= 4 is 11.7 Å². The molecule has 1 aromatic heterocycles. The number of carbonyl (C=O) groups is 1. The van der Waals surface area contributed by atoms with Gasteiger partial charge in [0.2, 0.25) is 0 Å². The minimum Gasteiger partial charge on any atom is -0.390 e. The maximum Gasteiger partial charge on any atom is 0.254 e. The van der Waals surface area contributed by atoms with Gasteiger partial charge >= 0.3 is 0 Å². The van der Waals surface area contributed by atoms with Crippen molar-refractivity contribution in [2.75, 3.05) is 18.5 Å². The average Bonchev–Trinajstić information content (AvgIpc) is 2.46. The van der Waals surface area contributed by atoms with Gasteiger partial charge in [-0.2, -0.15) is 0 Å². The smallest absolute Gasteiger partial charge is 0.254 e. The number of hydrazine groups is 1. The molecule has 6 nitrogen and oxygen atoms in total. The number of nitrogen functional groups attached to an aromatic ring is 1. The number of hydrogen-bond acceptors (Lipinski definition) is 5. The van der Waals surface area contributed by atoms with Gasteiger partial charge in [-0.25, -0.2) is 10.8 Å². The number of piperidine rings is 1. The van der Waals surface area contributed by atoms with Gasteiger partial charge in [0, 0.05) is 24.3 Å². The summed E-state index contributed by atoms with van der Waals surface area (Å²) in [6, 6.07) is 3.49. The fourth-order valence-corrected chi connectivity index (χ4v) is 2.42. The molecule has 0 spiro atoms. The van der Waals surface area contributed by atoms with Gasteiger partial charge in [-0.15, -0.1) is 0 Å². The fraction of sp³-hybridized carbons (Fsp3) is 0.600. The Hall–Kier alpha value is -1.66. The maximum absolute atomic E-state index is 12.6. The van der Waals surface area contributed by atoms with Gasteiger partial charge in [0.25, 0.3) is 5.91 Å². The summed E-state index contributed by atoms with van der Waals surface area (Å²) in [5.41, 5.74) is 3.26. The third-order valence-corrected chi connectivity index (χ3v) is 3.96. The Morgan fingerprint density at radius 1 is 1.43 bits per heavy atom. The van der Waals surface area contributed by atoms with Crippen LogP contribution in [0.5, 0.6) is 0 Å². The third kappa shape index (κ3) is 3.71. The van der Waals surface area contributed by atoms with Crippen LogP contribution in [0, 0.1) is 0 Å². The zero-order chi connectivity index (χ0) is 15.6. The number of nitrogens with two attached hydrogens (primary N) is 1. The topological polar surface area (TPSA) is 91.5 Å². The van der Waals surface area contributed by atoms with Gasteiger partial charge in [0.15, 0.2) is 0 Å². The molecule has 4 N–H and O–H groups in total. The second-order valence-corrected chi connectivity index (χ2v) is 6.25. The van der Waals surface area contributed by atoms with E-state index in [1.807, 2.05) is 26.8 Å². The highest BCUT2D eigenvalue weighted by atomic mass is 16.3. The van der Waals surface area contributed by atoms with E-state index in [1.54, 1.807) is 11.0 Å². The van der Waals surface area contributed by atoms with Crippen molar-refractivity contribution in [1.82, 2.24) is 9.88 Å². The lowest BCUT2D eigenvalue weighted by Gasteiger charge is -2.35. The quantitative estimate of drug-likeness (QED) is 0.580. The lowest BCUT2D eigenvalue weighted by atomic mass is 9.93. The molecule has 1 aliphatic rings. The van der Waals surface area contributed by atoms with E-state index in [9.17, 15) is 9.90 Å². The van der Waals surface area contributed by atoms with E-state index >= 15 is 0 Å². The van der Waals surface area contributed by atoms with Gasteiger partial charge in [-0.05, 0) is 37.8 Å². The number of carbonyl (C=O) groups excluding carboxylic acids is 1. The summed E-state index contributed by atoms with van der Waals surface area (Å²) < 4.78 is 0. The first-order chi connectivity index (χ1) is 9.82. The molecule has 0 aromatic carbocycles. The van der Waals surface area contributed by atoms with Crippen molar-refractivity contribution in [2.24, 2.45) is 5.84 Å². The fourth-order valence-electron chi connectivity index (χ4n) is 2.42. The van der Waals surface area contributed by atoms with Crippen molar-refractivity contribution in [1.29, 1.82) is 0 Å². The average molecular weight is 292 g/mol. The predicted molar refractivity (Wildman–Crippen MR) is 81.9 cm³/mol. The second-order valence-electron chi connectivity index (χ2n) is 6.25. The van der Waals surface area contributed by atoms with Crippen molar-refractivity contribution in [3.63, 3.8) is 0 Å². The zero-order valence-electron chi connectivity index (χ0n) is 12.9. The zero-order valence-corrected chi connectivity index (χ0v) is 12.9. The lowest BCUT2D eigenvalue weighted by molar-refractivity contribution is -0.00203. The summed E-state index contributed by atoms with van der Waals surface area (Å²) >= 11 is 0. The van der Waals surface area contributed by atoms with Gasteiger partial charge < -0.3 is 15.4 Å². The number of aromatic nitrogens is 1. The number of rotatable bonds is 3. The van der Waals surface area contributed by atoms with Crippen LogP contribution in [-0.2, 0) is 0 Å². The molecule has 116 valence electrons. The van der Waals surface area contributed by atoms with Crippen molar-refractivity contribution in [2.45, 2.75) is 45.1 Å². The number of pyridine rings is 1. The van der Waals surface area contributed by atoms with Gasteiger partial charge in [-0.3, -0.25) is 4.79 Å². The predicted octanol–water partition coefficient (Wildman–Crippen LogP) is 1.48. The highest BCUT2D eigenvalue weighted by molar-refractivity contribution is 5.95. The van der Waals surface area contributed by atoms with E-state index < -0.39 is 5.60 Å². The second kappa shape index (κ2) is 5.99. The molecule has 1 fully saturated rings. The minimum absolute atomic E-state index is 0.0358. The molecule has 21 heavy (non-hydrogen) atoms. The molecule has 6 heteroatoms. The highest BCUT2D eigenvalue weighted by Crippen LogP contribution is 2.24. The van der Waals surface area contributed by atoms with Crippen LogP contribution in [0.25, 0.3) is 0 Å². The Morgan fingerprint density at radius 3 is 2.57 bits per heavy atom. The molecule has 1 aliphatic heterocycles. The number of nitrogens with one attached hydrogen (secondary N) is 1. The summed E-state index contributed by atoms with van der Waals surface area (Å²) in [7, 11) is 0. The Labute approximate surface area is 125 Å². The lowest BCUT2D eigenvalue weighted by Crippen LogP contribution is -2.45. The molecule has 2 rings (SSSR count). The van der Waals surface area contributed by atoms with E-state index in [2.05, 4.69) is 10.4 Å². The number of nitrogens with zero attached hydrogens (tertiary/aromatic N) is 2. The first kappa shape index (κ1) is 15.7. The molecule has 0 radical (unpaired) electrons. The van der Waals surface area contributed by atoms with Crippen LogP contribution in [-0.4, -0.2) is 39.6 Å². The van der Waals surface area contributed by atoms with E-state index in [4.69, 9.17) is 5.84 Å². The summed E-state index contributed by atoms with van der Waals surface area (Å²) in [6.45, 7) is 6.99. The first-order valence-electron chi connectivity index (χ1n) is 7.32. The van der Waals surface area contributed by atoms with Gasteiger partial charge in [-0.1, -0.05) is 13.8 Å². The molecule has 1 amide bonds. The Bertz CT molecular complexity index is 518. The number of amides is 1. The highest BCUT2D eigenvalue weighted by Gasteiger charge is 2.30. The molecule has 1 aromatic rings. The maximum atomic E-state index is 12.6. The van der Waals surface area contributed by atoms with Crippen LogP contribution in [0.1, 0.15) is 55.6 Å². The standard InChI is InChI=1S/C15H24N4O2/c1-10(2)12-8-11(9-13(17-12)18-16)14(20)19-6-4-15(3,21)5-7-19/h8-10,21H,4-7,16H2,1-3H3,(H,17,18). The van der Waals surface area contributed by atoms with E-state index in [-0.39, 0.29) is 11.8 Å². The Balaban J connectivity index is 2.21. The van der Waals surface area contributed by atoms with Crippen LogP contribution in [0.15, 0.2) is 12.1 Å². The molecular weight excluding hydrogens is 268 g/mol. The summed E-state index contributed by atoms with van der Waals surface area (Å²) in [5.74, 6) is 6.10.